The first-order valence-electron chi connectivity index (χ1n) is 13.3. The van der Waals surface area contributed by atoms with Crippen LogP contribution in [0.4, 0.5) is 32.7 Å². The topological polar surface area (TPSA) is 77.0 Å². The SMILES string of the molecule is COc1cc(F)c(C(C)C)cc1-c1cnc(N2CC(F)C2)nc1CN1C(=O)O[C@H](c2cccc(OC(F)(F)F)c2)[C@@H]1C. The normalized spacial score (nSPS) is 19.2. The van der Waals surface area contributed by atoms with Crippen molar-refractivity contribution < 1.29 is 41.0 Å². The van der Waals surface area contributed by atoms with Crippen LogP contribution in [0.15, 0.2) is 42.6 Å². The van der Waals surface area contributed by atoms with E-state index >= 15 is 0 Å². The van der Waals surface area contributed by atoms with Gasteiger partial charge in [-0.3, -0.25) is 4.90 Å². The molecule has 8 nitrogen and oxygen atoms in total. The molecule has 2 saturated heterocycles. The lowest BCUT2D eigenvalue weighted by Crippen LogP contribution is -2.49. The Labute approximate surface area is 239 Å². The Kier molecular flexibility index (Phi) is 7.86. The summed E-state index contributed by atoms with van der Waals surface area (Å²) < 4.78 is 81.8. The van der Waals surface area contributed by atoms with Crippen LogP contribution in [0.1, 0.15) is 49.6 Å². The average molecular weight is 593 g/mol. The van der Waals surface area contributed by atoms with Gasteiger partial charge in [0.05, 0.1) is 38.5 Å². The van der Waals surface area contributed by atoms with Crippen molar-refractivity contribution in [2.24, 2.45) is 0 Å². The number of anilines is 1. The zero-order valence-corrected chi connectivity index (χ0v) is 23.3. The van der Waals surface area contributed by atoms with E-state index in [0.29, 0.717) is 27.9 Å². The molecule has 0 spiro atoms. The highest BCUT2D eigenvalue weighted by Crippen LogP contribution is 2.40. The second-order valence-electron chi connectivity index (χ2n) is 10.6. The summed E-state index contributed by atoms with van der Waals surface area (Å²) in [5.74, 6) is -0.516. The Hall–Kier alpha value is -4.16. The Bertz CT molecular complexity index is 1480. The van der Waals surface area contributed by atoms with Crippen molar-refractivity contribution in [2.75, 3.05) is 25.1 Å². The molecule has 0 saturated carbocycles. The van der Waals surface area contributed by atoms with Gasteiger partial charge in [0.1, 0.15) is 29.6 Å². The fraction of sp³-hybridized carbons (Fsp3) is 0.414. The molecule has 0 N–H and O–H groups in total. The largest absolute Gasteiger partial charge is 0.573 e. The Morgan fingerprint density at radius 3 is 2.52 bits per heavy atom. The van der Waals surface area contributed by atoms with Gasteiger partial charge >= 0.3 is 12.5 Å². The van der Waals surface area contributed by atoms with Gasteiger partial charge in [0.25, 0.3) is 0 Å². The second kappa shape index (κ2) is 11.3. The lowest BCUT2D eigenvalue weighted by atomic mass is 9.95. The first kappa shape index (κ1) is 29.3. The van der Waals surface area contributed by atoms with Gasteiger partial charge in [0.15, 0.2) is 0 Å². The standard InChI is InChI=1S/C29H29F5N4O4/c1-15(2)20-9-21(25(40-4)10-23(20)31)22-11-35-27(37-12-18(30)13-37)36-24(22)14-38-16(3)26(41-28(38)39)17-6-5-7-19(8-17)42-29(32,33)34/h5-11,15-16,18,26H,12-14H2,1-4H3/t16-,26-/m0/s1. The van der Waals surface area contributed by atoms with Gasteiger partial charge < -0.3 is 19.1 Å². The van der Waals surface area contributed by atoms with E-state index in [9.17, 15) is 26.7 Å². The van der Waals surface area contributed by atoms with Crippen molar-refractivity contribution >= 4 is 12.0 Å². The van der Waals surface area contributed by atoms with Crippen LogP contribution in [0.25, 0.3) is 11.1 Å². The molecule has 5 rings (SSSR count). The lowest BCUT2D eigenvalue weighted by Gasteiger charge is -2.34. The van der Waals surface area contributed by atoms with Crippen LogP contribution in [-0.4, -0.2) is 59.7 Å². The zero-order valence-electron chi connectivity index (χ0n) is 23.3. The molecule has 3 heterocycles. The molecular formula is C29H29F5N4O4. The van der Waals surface area contributed by atoms with Gasteiger partial charge in [-0.25, -0.2) is 23.5 Å². The highest BCUT2D eigenvalue weighted by atomic mass is 19.4. The molecular weight excluding hydrogens is 563 g/mol. The number of cyclic esters (lactones) is 1. The number of alkyl halides is 4. The van der Waals surface area contributed by atoms with Gasteiger partial charge in [-0.15, -0.1) is 13.2 Å². The van der Waals surface area contributed by atoms with Crippen molar-refractivity contribution in [1.29, 1.82) is 0 Å². The summed E-state index contributed by atoms with van der Waals surface area (Å²) >= 11 is 0. The lowest BCUT2D eigenvalue weighted by molar-refractivity contribution is -0.274. The molecule has 2 fully saturated rings. The van der Waals surface area contributed by atoms with Crippen LogP contribution in [0.2, 0.25) is 0 Å². The van der Waals surface area contributed by atoms with Crippen LogP contribution in [0.3, 0.4) is 0 Å². The molecule has 1 aromatic heterocycles. The number of amides is 1. The third-order valence-corrected chi connectivity index (χ3v) is 7.34. The van der Waals surface area contributed by atoms with E-state index in [1.165, 1.54) is 36.4 Å². The van der Waals surface area contributed by atoms with E-state index in [1.807, 2.05) is 13.8 Å². The van der Waals surface area contributed by atoms with Gasteiger partial charge in [-0.2, -0.15) is 0 Å². The predicted molar refractivity (Wildman–Crippen MR) is 143 cm³/mol. The predicted octanol–water partition coefficient (Wildman–Crippen LogP) is 6.55. The third-order valence-electron chi connectivity index (χ3n) is 7.34. The summed E-state index contributed by atoms with van der Waals surface area (Å²) in [5, 5.41) is 0. The summed E-state index contributed by atoms with van der Waals surface area (Å²) in [5.41, 5.74) is 2.11. The molecule has 3 aromatic rings. The number of carbonyl (C=O) groups is 1. The molecule has 0 bridgehead atoms. The summed E-state index contributed by atoms with van der Waals surface area (Å²) in [7, 11) is 1.41. The molecule has 2 aromatic carbocycles. The molecule has 1 amide bonds. The Balaban J connectivity index is 1.51. The maximum absolute atomic E-state index is 14.8. The number of ether oxygens (including phenoxy) is 3. The molecule has 0 aliphatic carbocycles. The summed E-state index contributed by atoms with van der Waals surface area (Å²) in [6, 6.07) is 7.58. The highest BCUT2D eigenvalue weighted by Gasteiger charge is 2.41. The van der Waals surface area contributed by atoms with Crippen molar-refractivity contribution in [3.8, 4) is 22.6 Å². The van der Waals surface area contributed by atoms with Gasteiger partial charge in [-0.05, 0) is 42.2 Å². The van der Waals surface area contributed by atoms with Gasteiger partial charge in [0, 0.05) is 23.4 Å². The Morgan fingerprint density at radius 2 is 1.88 bits per heavy atom. The summed E-state index contributed by atoms with van der Waals surface area (Å²) in [6.07, 6.45) is -5.95. The maximum Gasteiger partial charge on any atom is 0.573 e. The third kappa shape index (κ3) is 5.90. The number of aromatic nitrogens is 2. The quantitative estimate of drug-likeness (QED) is 0.275. The fourth-order valence-electron chi connectivity index (χ4n) is 5.10. The first-order chi connectivity index (χ1) is 19.8. The van der Waals surface area contributed by atoms with Crippen LogP contribution in [0, 0.1) is 5.82 Å². The zero-order chi connectivity index (χ0) is 30.3. The summed E-state index contributed by atoms with van der Waals surface area (Å²) in [4.78, 5) is 25.2. The van der Waals surface area contributed by atoms with E-state index < -0.39 is 42.3 Å². The van der Waals surface area contributed by atoms with E-state index in [0.717, 1.165) is 6.07 Å². The number of nitrogens with zero attached hydrogens (tertiary/aromatic N) is 4. The van der Waals surface area contributed by atoms with E-state index in [4.69, 9.17) is 9.47 Å². The first-order valence-corrected chi connectivity index (χ1v) is 13.3. The number of hydrogen-bond acceptors (Lipinski definition) is 7. The number of hydrogen-bond donors (Lipinski definition) is 0. The van der Waals surface area contributed by atoms with Crippen LogP contribution in [0.5, 0.6) is 11.5 Å². The molecule has 42 heavy (non-hydrogen) atoms. The number of benzene rings is 2. The molecule has 13 heteroatoms. The molecule has 0 unspecified atom stereocenters. The van der Waals surface area contributed by atoms with Crippen molar-refractivity contribution in [2.45, 2.75) is 57.9 Å². The molecule has 2 atom stereocenters. The van der Waals surface area contributed by atoms with Gasteiger partial charge in [-0.1, -0.05) is 26.0 Å². The van der Waals surface area contributed by atoms with Gasteiger partial charge in [0.2, 0.25) is 5.95 Å². The maximum atomic E-state index is 14.8. The van der Waals surface area contributed by atoms with E-state index in [1.54, 1.807) is 24.0 Å². The van der Waals surface area contributed by atoms with Crippen LogP contribution < -0.4 is 14.4 Å². The smallest absolute Gasteiger partial charge is 0.496 e. The average Bonchev–Trinajstić information content (AvgIpc) is 3.18. The second-order valence-corrected chi connectivity index (χ2v) is 10.6. The minimum atomic E-state index is -4.88. The fourth-order valence-corrected chi connectivity index (χ4v) is 5.10. The number of carbonyl (C=O) groups excluding carboxylic acids is 1. The minimum Gasteiger partial charge on any atom is -0.496 e. The molecule has 224 valence electrons. The number of methoxy groups -OCH3 is 1. The monoisotopic (exact) mass is 592 g/mol. The number of halogens is 5. The highest BCUT2D eigenvalue weighted by molar-refractivity contribution is 5.75. The minimum absolute atomic E-state index is 0.0788. The van der Waals surface area contributed by atoms with Crippen molar-refractivity contribution in [1.82, 2.24) is 14.9 Å². The molecule has 0 radical (unpaired) electrons. The van der Waals surface area contributed by atoms with Crippen LogP contribution in [-0.2, 0) is 11.3 Å². The number of rotatable bonds is 8. The van der Waals surface area contributed by atoms with Crippen molar-refractivity contribution in [3.63, 3.8) is 0 Å². The summed E-state index contributed by atoms with van der Waals surface area (Å²) in [6.45, 7) is 5.57. The molecule has 2 aliphatic heterocycles. The van der Waals surface area contributed by atoms with Crippen molar-refractivity contribution in [3.05, 3.63) is 65.2 Å². The van der Waals surface area contributed by atoms with Crippen LogP contribution >= 0.6 is 0 Å². The molecule has 2 aliphatic rings. The van der Waals surface area contributed by atoms with E-state index in [2.05, 4.69) is 14.7 Å². The Morgan fingerprint density at radius 1 is 1.14 bits per heavy atom. The van der Waals surface area contributed by atoms with E-state index in [-0.39, 0.29) is 37.3 Å².